The molecule has 4 heteroatoms. The van der Waals surface area contributed by atoms with Gasteiger partial charge in [-0.3, -0.25) is 4.99 Å². The number of carbonyl (C=O) groups is 1. The highest BCUT2D eigenvalue weighted by Gasteiger charge is 2.09. The Labute approximate surface area is 167 Å². The molecule has 0 saturated heterocycles. The molecule has 0 saturated carbocycles. The minimum absolute atomic E-state index is 0.375. The Morgan fingerprint density at radius 1 is 1.04 bits per heavy atom. The lowest BCUT2D eigenvalue weighted by molar-refractivity contribution is 0.0734. The summed E-state index contributed by atoms with van der Waals surface area (Å²) in [6, 6.07) is 23.1. The van der Waals surface area contributed by atoms with Gasteiger partial charge in [-0.2, -0.15) is 0 Å². The van der Waals surface area contributed by atoms with Gasteiger partial charge >= 0.3 is 5.97 Å². The Morgan fingerprint density at radius 3 is 2.52 bits per heavy atom. The normalized spacial score (nSPS) is 10.9. The van der Waals surface area contributed by atoms with E-state index in [9.17, 15) is 4.79 Å². The van der Waals surface area contributed by atoms with E-state index < -0.39 is 0 Å². The summed E-state index contributed by atoms with van der Waals surface area (Å²) in [6.45, 7) is 2.68. The summed E-state index contributed by atoms with van der Waals surface area (Å²) in [6.07, 6.45) is 2.69. The predicted octanol–water partition coefficient (Wildman–Crippen LogP) is 5.64. The van der Waals surface area contributed by atoms with Crippen molar-refractivity contribution < 1.29 is 9.53 Å². The number of carbonyl (C=O) groups excluding carboxylic acids is 1. The lowest BCUT2D eigenvalue weighted by Gasteiger charge is -2.06. The van der Waals surface area contributed by atoms with E-state index in [-0.39, 0.29) is 5.97 Å². The van der Waals surface area contributed by atoms with Gasteiger partial charge in [0.1, 0.15) is 5.75 Å². The van der Waals surface area contributed by atoms with Gasteiger partial charge in [0.2, 0.25) is 0 Å². The molecule has 0 radical (unpaired) electrons. The van der Waals surface area contributed by atoms with Crippen LogP contribution in [0.1, 0.15) is 27.0 Å². The number of ether oxygens (including phenoxy) is 1. The third kappa shape index (κ3) is 5.90. The van der Waals surface area contributed by atoms with E-state index >= 15 is 0 Å². The highest BCUT2D eigenvalue weighted by Crippen LogP contribution is 2.22. The first-order valence-corrected chi connectivity index (χ1v) is 9.53. The second kappa shape index (κ2) is 9.28. The van der Waals surface area contributed by atoms with Crippen LogP contribution in [0, 0.1) is 6.92 Å². The van der Waals surface area contributed by atoms with Crippen LogP contribution in [0.4, 0.5) is 0 Å². The molecule has 0 amide bonds. The van der Waals surface area contributed by atoms with Crippen molar-refractivity contribution >= 4 is 28.1 Å². The number of aliphatic imine (C=N–C) groups is 1. The third-order valence-electron chi connectivity index (χ3n) is 4.00. The van der Waals surface area contributed by atoms with Crippen LogP contribution in [0.2, 0.25) is 0 Å². The number of halogens is 1. The van der Waals surface area contributed by atoms with E-state index in [1.807, 2.05) is 49.4 Å². The van der Waals surface area contributed by atoms with Crippen molar-refractivity contribution in [3.8, 4) is 5.75 Å². The van der Waals surface area contributed by atoms with Gasteiger partial charge in [0.05, 0.1) is 5.56 Å². The van der Waals surface area contributed by atoms with Gasteiger partial charge in [-0.25, -0.2) is 4.79 Å². The second-order valence-corrected chi connectivity index (χ2v) is 7.16. The number of esters is 1. The molecule has 3 aromatic rings. The number of rotatable bonds is 6. The fourth-order valence-corrected chi connectivity index (χ4v) is 3.07. The first-order chi connectivity index (χ1) is 13.1. The molecule has 136 valence electrons. The topological polar surface area (TPSA) is 38.7 Å². The van der Waals surface area contributed by atoms with E-state index in [0.29, 0.717) is 17.9 Å². The molecule has 3 rings (SSSR count). The molecule has 0 heterocycles. The summed E-state index contributed by atoms with van der Waals surface area (Å²) in [5.74, 6) is 0.111. The van der Waals surface area contributed by atoms with E-state index in [2.05, 4.69) is 33.1 Å². The molecule has 0 spiro atoms. The lowest BCUT2D eigenvalue weighted by Crippen LogP contribution is -2.08. The van der Waals surface area contributed by atoms with Gasteiger partial charge in [-0.15, -0.1) is 0 Å². The average Bonchev–Trinajstić information content (AvgIpc) is 2.66. The molecule has 0 fully saturated rings. The quantitative estimate of drug-likeness (QED) is 0.293. The maximum atomic E-state index is 12.3. The van der Waals surface area contributed by atoms with E-state index in [1.54, 1.807) is 24.4 Å². The summed E-state index contributed by atoms with van der Waals surface area (Å²) >= 11 is 3.46. The van der Waals surface area contributed by atoms with Gasteiger partial charge in [0.15, 0.2) is 0 Å². The average molecular weight is 422 g/mol. The van der Waals surface area contributed by atoms with Crippen molar-refractivity contribution in [2.24, 2.45) is 4.99 Å². The maximum Gasteiger partial charge on any atom is 0.343 e. The first-order valence-electron chi connectivity index (χ1n) is 8.73. The monoisotopic (exact) mass is 421 g/mol. The highest BCUT2D eigenvalue weighted by molar-refractivity contribution is 9.10. The molecule has 3 nitrogen and oxygen atoms in total. The van der Waals surface area contributed by atoms with Gasteiger partial charge in [-0.05, 0) is 54.8 Å². The Balaban J connectivity index is 1.64. The van der Waals surface area contributed by atoms with Gasteiger partial charge < -0.3 is 4.74 Å². The fourth-order valence-electron chi connectivity index (χ4n) is 2.58. The van der Waals surface area contributed by atoms with Gasteiger partial charge in [0.25, 0.3) is 0 Å². The standard InChI is InChI=1S/C23H20BrNO2/c1-17-7-9-20(10-8-17)23(26)27-22-14-19(13-21(24)15-22)16-25-12-11-18-5-3-2-4-6-18/h2-10,13-16H,11-12H2,1H3. The zero-order chi connectivity index (χ0) is 19.1. The number of benzene rings is 3. The first kappa shape index (κ1) is 19.1. The molecular weight excluding hydrogens is 402 g/mol. The van der Waals surface area contributed by atoms with Crippen molar-refractivity contribution in [3.05, 3.63) is 99.5 Å². The summed E-state index contributed by atoms with van der Waals surface area (Å²) in [7, 11) is 0. The van der Waals surface area contributed by atoms with Gasteiger partial charge in [0, 0.05) is 17.2 Å². The number of hydrogen-bond acceptors (Lipinski definition) is 3. The highest BCUT2D eigenvalue weighted by atomic mass is 79.9. The van der Waals surface area contributed by atoms with Crippen molar-refractivity contribution in [2.75, 3.05) is 6.54 Å². The second-order valence-electron chi connectivity index (χ2n) is 6.25. The maximum absolute atomic E-state index is 12.3. The molecule has 0 aliphatic carbocycles. The molecule has 0 aliphatic heterocycles. The van der Waals surface area contributed by atoms with E-state index in [1.165, 1.54) is 5.56 Å². The summed E-state index contributed by atoms with van der Waals surface area (Å²) in [5.41, 5.74) is 3.77. The summed E-state index contributed by atoms with van der Waals surface area (Å²) in [5, 5.41) is 0. The number of hydrogen-bond donors (Lipinski definition) is 0. The SMILES string of the molecule is Cc1ccc(C(=O)Oc2cc(Br)cc(C=NCCc3ccccc3)c2)cc1. The van der Waals surface area contributed by atoms with Crippen LogP contribution < -0.4 is 4.74 Å². The van der Waals surface area contributed by atoms with E-state index in [0.717, 1.165) is 22.0 Å². The summed E-state index contributed by atoms with van der Waals surface area (Å²) in [4.78, 5) is 16.8. The Morgan fingerprint density at radius 2 is 1.78 bits per heavy atom. The Bertz CT molecular complexity index is 934. The molecule has 0 bridgehead atoms. The van der Waals surface area contributed by atoms with Crippen molar-refractivity contribution in [3.63, 3.8) is 0 Å². The van der Waals surface area contributed by atoms with Crippen molar-refractivity contribution in [1.29, 1.82) is 0 Å². The number of aryl methyl sites for hydroxylation is 1. The number of nitrogens with zero attached hydrogens (tertiary/aromatic N) is 1. The Hall–Kier alpha value is -2.72. The molecule has 0 N–H and O–H groups in total. The molecule has 0 atom stereocenters. The summed E-state index contributed by atoms with van der Waals surface area (Å²) < 4.78 is 6.34. The van der Waals surface area contributed by atoms with E-state index in [4.69, 9.17) is 4.74 Å². The Kier molecular flexibility index (Phi) is 6.55. The lowest BCUT2D eigenvalue weighted by atomic mass is 10.1. The smallest absolute Gasteiger partial charge is 0.343 e. The van der Waals surface area contributed by atoms with Crippen LogP contribution in [0.15, 0.2) is 82.3 Å². The third-order valence-corrected chi connectivity index (χ3v) is 4.46. The minimum atomic E-state index is -0.375. The largest absolute Gasteiger partial charge is 0.423 e. The van der Waals surface area contributed by atoms with Crippen LogP contribution in [0.25, 0.3) is 0 Å². The van der Waals surface area contributed by atoms with Crippen molar-refractivity contribution in [2.45, 2.75) is 13.3 Å². The molecule has 27 heavy (non-hydrogen) atoms. The van der Waals surface area contributed by atoms with Crippen LogP contribution in [0.5, 0.6) is 5.75 Å². The molecule has 0 unspecified atom stereocenters. The van der Waals surface area contributed by atoms with Crippen LogP contribution >= 0.6 is 15.9 Å². The minimum Gasteiger partial charge on any atom is -0.423 e. The molecule has 3 aromatic carbocycles. The van der Waals surface area contributed by atoms with Gasteiger partial charge in [-0.1, -0.05) is 64.0 Å². The molecular formula is C23H20BrNO2. The van der Waals surface area contributed by atoms with Crippen LogP contribution in [-0.2, 0) is 6.42 Å². The molecule has 0 aliphatic rings. The fraction of sp³-hybridized carbons (Fsp3) is 0.130. The zero-order valence-corrected chi connectivity index (χ0v) is 16.6. The van der Waals surface area contributed by atoms with Crippen LogP contribution in [-0.4, -0.2) is 18.7 Å². The predicted molar refractivity (Wildman–Crippen MR) is 113 cm³/mol. The van der Waals surface area contributed by atoms with Crippen LogP contribution in [0.3, 0.4) is 0 Å². The molecule has 0 aromatic heterocycles. The van der Waals surface area contributed by atoms with Crippen molar-refractivity contribution in [1.82, 2.24) is 0 Å². The zero-order valence-electron chi connectivity index (χ0n) is 15.1.